The third kappa shape index (κ3) is 2.76. The molecule has 3 aromatic rings. The number of aromatic nitrogens is 3. The van der Waals surface area contributed by atoms with Crippen molar-refractivity contribution in [3.05, 3.63) is 35.5 Å². The molecule has 28 heavy (non-hydrogen) atoms. The van der Waals surface area contributed by atoms with E-state index >= 15 is 0 Å². The first kappa shape index (κ1) is 17.5. The molecule has 2 aromatic heterocycles. The van der Waals surface area contributed by atoms with Gasteiger partial charge in [0.25, 0.3) is 0 Å². The summed E-state index contributed by atoms with van der Waals surface area (Å²) in [5.41, 5.74) is 7.89. The van der Waals surface area contributed by atoms with Gasteiger partial charge in [0.15, 0.2) is 0 Å². The number of hydrogen-bond acceptors (Lipinski definition) is 4. The highest BCUT2D eigenvalue weighted by atomic mass is 16.5. The van der Waals surface area contributed by atoms with E-state index < -0.39 is 0 Å². The molecule has 0 bridgehead atoms. The number of anilines is 1. The van der Waals surface area contributed by atoms with Gasteiger partial charge in [0, 0.05) is 23.8 Å². The lowest BCUT2D eigenvalue weighted by Crippen LogP contribution is -2.42. The Morgan fingerprint density at radius 3 is 2.68 bits per heavy atom. The van der Waals surface area contributed by atoms with Crippen molar-refractivity contribution in [2.75, 3.05) is 18.6 Å². The molecule has 0 N–H and O–H groups in total. The second-order valence-electron chi connectivity index (χ2n) is 8.35. The van der Waals surface area contributed by atoms with E-state index in [4.69, 9.17) is 14.8 Å². The van der Waals surface area contributed by atoms with Gasteiger partial charge in [0.05, 0.1) is 19.3 Å². The van der Waals surface area contributed by atoms with E-state index in [2.05, 4.69) is 48.6 Å². The van der Waals surface area contributed by atoms with Crippen molar-refractivity contribution < 1.29 is 4.74 Å². The number of hydrogen-bond donors (Lipinski definition) is 0. The standard InChI is InChI=1S/C23H28N4O/c1-5-17-13-27-23-20(26(17)12-16-6-7-16)11-15(3)24-22(23)21(25-27)19-9-8-18(28-4)10-14(19)2/h8-11,16-17H,5-7,12-13H2,1-4H3/t17-/m0/s1. The van der Waals surface area contributed by atoms with Crippen molar-refractivity contribution in [1.82, 2.24) is 14.8 Å². The zero-order valence-electron chi connectivity index (χ0n) is 17.2. The summed E-state index contributed by atoms with van der Waals surface area (Å²) in [6.07, 6.45) is 3.87. The second-order valence-corrected chi connectivity index (χ2v) is 8.35. The number of pyridine rings is 1. The lowest BCUT2D eigenvalue weighted by molar-refractivity contribution is 0.414. The highest BCUT2D eigenvalue weighted by molar-refractivity contribution is 5.99. The Bertz CT molecular complexity index is 1050. The Kier molecular flexibility index (Phi) is 4.07. The van der Waals surface area contributed by atoms with Crippen molar-refractivity contribution in [3.63, 3.8) is 0 Å². The predicted molar refractivity (Wildman–Crippen MR) is 113 cm³/mol. The largest absolute Gasteiger partial charge is 0.497 e. The molecule has 5 heteroatoms. The first-order valence-electron chi connectivity index (χ1n) is 10.4. The molecule has 1 aromatic carbocycles. The Hall–Kier alpha value is -2.56. The van der Waals surface area contributed by atoms with Gasteiger partial charge in [-0.05, 0) is 68.9 Å². The third-order valence-electron chi connectivity index (χ3n) is 6.25. The molecule has 0 amide bonds. The van der Waals surface area contributed by atoms with Crippen molar-refractivity contribution in [1.29, 1.82) is 0 Å². The van der Waals surface area contributed by atoms with Crippen LogP contribution in [-0.2, 0) is 6.54 Å². The summed E-state index contributed by atoms with van der Waals surface area (Å²) in [6, 6.07) is 8.96. The van der Waals surface area contributed by atoms with Crippen LogP contribution in [0.1, 0.15) is 37.4 Å². The van der Waals surface area contributed by atoms with E-state index in [-0.39, 0.29) is 0 Å². The molecule has 1 aliphatic heterocycles. The average Bonchev–Trinajstić information content (AvgIpc) is 3.44. The molecule has 1 fully saturated rings. The third-order valence-corrected chi connectivity index (χ3v) is 6.25. The fourth-order valence-electron chi connectivity index (χ4n) is 4.52. The van der Waals surface area contributed by atoms with E-state index in [0.29, 0.717) is 6.04 Å². The molecule has 5 nitrogen and oxygen atoms in total. The SMILES string of the molecule is CC[C@H]1Cn2nc(-c3ccc(OC)cc3C)c3nc(C)cc(c32)N1CC1CC1. The fourth-order valence-corrected chi connectivity index (χ4v) is 4.52. The number of nitrogens with zero attached hydrogens (tertiary/aromatic N) is 4. The van der Waals surface area contributed by atoms with Crippen LogP contribution < -0.4 is 9.64 Å². The van der Waals surface area contributed by atoms with Gasteiger partial charge >= 0.3 is 0 Å². The van der Waals surface area contributed by atoms with Crippen LogP contribution in [-0.4, -0.2) is 34.5 Å². The molecule has 0 radical (unpaired) electrons. The highest BCUT2D eigenvalue weighted by Crippen LogP contribution is 2.41. The average molecular weight is 377 g/mol. The lowest BCUT2D eigenvalue weighted by atomic mass is 10.0. The van der Waals surface area contributed by atoms with Crippen molar-refractivity contribution in [2.45, 2.75) is 52.6 Å². The minimum atomic E-state index is 0.503. The summed E-state index contributed by atoms with van der Waals surface area (Å²) < 4.78 is 7.59. The molecule has 2 aliphatic rings. The molecule has 146 valence electrons. The van der Waals surface area contributed by atoms with Crippen molar-refractivity contribution in [2.24, 2.45) is 5.92 Å². The van der Waals surface area contributed by atoms with Crippen LogP contribution in [0.25, 0.3) is 22.3 Å². The van der Waals surface area contributed by atoms with Crippen LogP contribution in [0.3, 0.4) is 0 Å². The van der Waals surface area contributed by atoms with Crippen LogP contribution in [0.5, 0.6) is 5.75 Å². The normalized spacial score (nSPS) is 18.7. The van der Waals surface area contributed by atoms with E-state index in [9.17, 15) is 0 Å². The maximum Gasteiger partial charge on any atom is 0.119 e. The van der Waals surface area contributed by atoms with Gasteiger partial charge in [-0.2, -0.15) is 5.10 Å². The summed E-state index contributed by atoms with van der Waals surface area (Å²) in [5.74, 6) is 1.73. The van der Waals surface area contributed by atoms with E-state index in [1.165, 1.54) is 30.6 Å². The number of methoxy groups -OCH3 is 1. The van der Waals surface area contributed by atoms with E-state index in [1.54, 1.807) is 7.11 Å². The Morgan fingerprint density at radius 1 is 1.18 bits per heavy atom. The summed E-state index contributed by atoms with van der Waals surface area (Å²) in [6.45, 7) is 8.61. The Labute approximate surface area is 166 Å². The quantitative estimate of drug-likeness (QED) is 0.645. The van der Waals surface area contributed by atoms with E-state index in [1.807, 2.05) is 6.07 Å². The fraction of sp³-hybridized carbons (Fsp3) is 0.478. The van der Waals surface area contributed by atoms with Crippen molar-refractivity contribution in [3.8, 4) is 17.0 Å². The number of aryl methyl sites for hydroxylation is 2. The molecule has 0 spiro atoms. The van der Waals surface area contributed by atoms with Gasteiger partial charge in [0.1, 0.15) is 22.5 Å². The van der Waals surface area contributed by atoms with Crippen LogP contribution in [0.15, 0.2) is 24.3 Å². The maximum atomic E-state index is 5.39. The van der Waals surface area contributed by atoms with Gasteiger partial charge in [-0.15, -0.1) is 0 Å². The minimum absolute atomic E-state index is 0.503. The van der Waals surface area contributed by atoms with Gasteiger partial charge in [0.2, 0.25) is 0 Å². The molecule has 1 aliphatic carbocycles. The topological polar surface area (TPSA) is 43.2 Å². The van der Waals surface area contributed by atoms with Crippen LogP contribution in [0.2, 0.25) is 0 Å². The van der Waals surface area contributed by atoms with Crippen LogP contribution in [0.4, 0.5) is 5.69 Å². The number of benzene rings is 1. The van der Waals surface area contributed by atoms with Crippen LogP contribution in [0, 0.1) is 19.8 Å². The Morgan fingerprint density at radius 2 is 2.00 bits per heavy atom. The smallest absolute Gasteiger partial charge is 0.119 e. The first-order valence-corrected chi connectivity index (χ1v) is 10.4. The van der Waals surface area contributed by atoms with Crippen LogP contribution >= 0.6 is 0 Å². The molecule has 0 saturated heterocycles. The Balaban J connectivity index is 1.71. The predicted octanol–water partition coefficient (Wildman–Crippen LogP) is 4.73. The van der Waals surface area contributed by atoms with Gasteiger partial charge in [-0.3, -0.25) is 4.68 Å². The second kappa shape index (κ2) is 6.50. The molecular weight excluding hydrogens is 348 g/mol. The zero-order chi connectivity index (χ0) is 19.4. The van der Waals surface area contributed by atoms with Gasteiger partial charge in [-0.25, -0.2) is 4.98 Å². The lowest BCUT2D eigenvalue weighted by Gasteiger charge is -2.37. The summed E-state index contributed by atoms with van der Waals surface area (Å²) >= 11 is 0. The molecule has 3 heterocycles. The van der Waals surface area contributed by atoms with Gasteiger partial charge in [-0.1, -0.05) is 6.92 Å². The van der Waals surface area contributed by atoms with Gasteiger partial charge < -0.3 is 9.64 Å². The molecule has 1 saturated carbocycles. The summed E-state index contributed by atoms with van der Waals surface area (Å²) in [5, 5.41) is 5.06. The molecule has 5 rings (SSSR count). The molecular formula is C23H28N4O. The molecule has 1 atom stereocenters. The van der Waals surface area contributed by atoms with E-state index in [0.717, 1.165) is 52.7 Å². The highest BCUT2D eigenvalue weighted by Gasteiger charge is 2.34. The summed E-state index contributed by atoms with van der Waals surface area (Å²) in [7, 11) is 1.71. The number of ether oxygens (including phenoxy) is 1. The number of rotatable bonds is 5. The minimum Gasteiger partial charge on any atom is -0.497 e. The molecule has 0 unspecified atom stereocenters. The monoisotopic (exact) mass is 376 g/mol. The summed E-state index contributed by atoms with van der Waals surface area (Å²) in [4.78, 5) is 7.58. The zero-order valence-corrected chi connectivity index (χ0v) is 17.2. The van der Waals surface area contributed by atoms with Crippen molar-refractivity contribution >= 4 is 16.7 Å². The maximum absolute atomic E-state index is 5.39. The first-order chi connectivity index (χ1) is 13.6.